The van der Waals surface area contributed by atoms with Crippen LogP contribution in [0.1, 0.15) is 10.4 Å². The Morgan fingerprint density at radius 2 is 2.00 bits per heavy atom. The zero-order valence-corrected chi connectivity index (χ0v) is 18.5. The molecule has 2 aromatic rings. The number of aromatic nitrogens is 2. The van der Waals surface area contributed by atoms with Gasteiger partial charge < -0.3 is 19.9 Å². The summed E-state index contributed by atoms with van der Waals surface area (Å²) >= 11 is 2.71. The summed E-state index contributed by atoms with van der Waals surface area (Å²) < 4.78 is 5.58. The number of nitrogens with one attached hydrogen (secondary N) is 1. The maximum atomic E-state index is 12.7. The van der Waals surface area contributed by atoms with Gasteiger partial charge in [-0.25, -0.2) is 0 Å². The highest BCUT2D eigenvalue weighted by molar-refractivity contribution is 8.01. The molecule has 0 unspecified atom stereocenters. The molecular weight excluding hydrogens is 444 g/mol. The third kappa shape index (κ3) is 6.12. The summed E-state index contributed by atoms with van der Waals surface area (Å²) in [5.74, 6) is -0.197. The van der Waals surface area contributed by atoms with Crippen molar-refractivity contribution in [3.63, 3.8) is 0 Å². The van der Waals surface area contributed by atoms with E-state index in [1.807, 2.05) is 4.90 Å². The van der Waals surface area contributed by atoms with Crippen molar-refractivity contribution in [3.8, 4) is 0 Å². The molecule has 1 fully saturated rings. The molecular formula is C18H22N6O5S2. The summed E-state index contributed by atoms with van der Waals surface area (Å²) in [6.45, 7) is 2.87. The second-order valence-corrected chi connectivity index (χ2v) is 8.71. The van der Waals surface area contributed by atoms with Crippen molar-refractivity contribution < 1.29 is 19.2 Å². The molecule has 0 aliphatic carbocycles. The van der Waals surface area contributed by atoms with Crippen LogP contribution in [-0.4, -0.2) is 84.0 Å². The topological polar surface area (TPSA) is 131 Å². The number of hydrogen-bond donors (Lipinski definition) is 1. The van der Waals surface area contributed by atoms with Gasteiger partial charge in [0.2, 0.25) is 11.0 Å². The molecule has 166 valence electrons. The van der Waals surface area contributed by atoms with Crippen molar-refractivity contribution in [1.82, 2.24) is 20.4 Å². The highest BCUT2D eigenvalue weighted by atomic mass is 32.2. The molecule has 0 spiro atoms. The van der Waals surface area contributed by atoms with Gasteiger partial charge in [0.15, 0.2) is 4.34 Å². The van der Waals surface area contributed by atoms with Gasteiger partial charge >= 0.3 is 0 Å². The molecule has 31 heavy (non-hydrogen) atoms. The van der Waals surface area contributed by atoms with E-state index in [2.05, 4.69) is 15.5 Å². The monoisotopic (exact) mass is 466 g/mol. The summed E-state index contributed by atoms with van der Waals surface area (Å²) in [5, 5.41) is 23.0. The summed E-state index contributed by atoms with van der Waals surface area (Å²) in [4.78, 5) is 38.8. The smallest absolute Gasteiger partial charge is 0.282 e. The van der Waals surface area contributed by atoms with Crippen molar-refractivity contribution in [2.75, 3.05) is 57.1 Å². The zero-order chi connectivity index (χ0) is 22.2. The Kier molecular flexibility index (Phi) is 8.14. The van der Waals surface area contributed by atoms with E-state index in [-0.39, 0.29) is 28.8 Å². The third-order valence-electron chi connectivity index (χ3n) is 4.52. The molecule has 1 aliphatic rings. The molecule has 0 bridgehead atoms. The molecule has 2 amide bonds. The number of methoxy groups -OCH3 is 1. The maximum absolute atomic E-state index is 12.7. The molecule has 3 rings (SSSR count). The van der Waals surface area contributed by atoms with E-state index >= 15 is 0 Å². The Morgan fingerprint density at radius 1 is 1.26 bits per heavy atom. The summed E-state index contributed by atoms with van der Waals surface area (Å²) in [7, 11) is 1.57. The van der Waals surface area contributed by atoms with Gasteiger partial charge in [-0.05, 0) is 6.07 Å². The lowest BCUT2D eigenvalue weighted by molar-refractivity contribution is -0.385. The van der Waals surface area contributed by atoms with Crippen molar-refractivity contribution >= 4 is 45.7 Å². The number of carbonyl (C=O) groups is 2. The highest BCUT2D eigenvalue weighted by Gasteiger charge is 2.28. The van der Waals surface area contributed by atoms with Crippen molar-refractivity contribution in [2.45, 2.75) is 4.34 Å². The van der Waals surface area contributed by atoms with E-state index in [9.17, 15) is 19.7 Å². The van der Waals surface area contributed by atoms with Gasteiger partial charge in [-0.15, -0.1) is 10.2 Å². The highest BCUT2D eigenvalue weighted by Crippen LogP contribution is 2.29. The third-order valence-corrected chi connectivity index (χ3v) is 6.64. The van der Waals surface area contributed by atoms with Crippen LogP contribution in [0.4, 0.5) is 10.8 Å². The van der Waals surface area contributed by atoms with E-state index in [1.165, 1.54) is 35.2 Å². The summed E-state index contributed by atoms with van der Waals surface area (Å²) in [6.07, 6.45) is 0. The van der Waals surface area contributed by atoms with Gasteiger partial charge in [0, 0.05) is 45.9 Å². The number of hydrogen-bond acceptors (Lipinski definition) is 10. The van der Waals surface area contributed by atoms with Gasteiger partial charge in [-0.1, -0.05) is 35.2 Å². The van der Waals surface area contributed by atoms with E-state index in [0.717, 1.165) is 5.13 Å². The number of rotatable bonds is 9. The predicted molar refractivity (Wildman–Crippen MR) is 117 cm³/mol. The van der Waals surface area contributed by atoms with Crippen molar-refractivity contribution in [1.29, 1.82) is 0 Å². The molecule has 0 radical (unpaired) electrons. The zero-order valence-electron chi connectivity index (χ0n) is 16.9. The van der Waals surface area contributed by atoms with Crippen molar-refractivity contribution in [2.24, 2.45) is 0 Å². The van der Waals surface area contributed by atoms with Gasteiger partial charge in [0.25, 0.3) is 11.6 Å². The normalized spacial score (nSPS) is 13.8. The van der Waals surface area contributed by atoms with Gasteiger partial charge in [-0.2, -0.15) is 0 Å². The number of piperazine rings is 1. The quantitative estimate of drug-likeness (QED) is 0.251. The Balaban J connectivity index is 1.51. The first-order chi connectivity index (χ1) is 15.0. The van der Waals surface area contributed by atoms with Crippen LogP contribution in [0.2, 0.25) is 0 Å². The van der Waals surface area contributed by atoms with Crippen molar-refractivity contribution in [3.05, 3.63) is 39.9 Å². The number of para-hydroxylation sites is 1. The number of nitrogens with zero attached hydrogens (tertiary/aromatic N) is 5. The second-order valence-electron chi connectivity index (χ2n) is 6.54. The number of anilines is 1. The number of ether oxygens (including phenoxy) is 1. The number of benzene rings is 1. The second kappa shape index (κ2) is 11.0. The first-order valence-electron chi connectivity index (χ1n) is 9.49. The average Bonchev–Trinajstić information content (AvgIpc) is 3.26. The molecule has 1 aromatic carbocycles. The summed E-state index contributed by atoms with van der Waals surface area (Å²) in [5.41, 5.74) is -0.0914. The molecule has 1 aromatic heterocycles. The Labute approximate surface area is 186 Å². The van der Waals surface area contributed by atoms with E-state index in [1.54, 1.807) is 24.1 Å². The number of thioether (sulfide) groups is 1. The number of nitro groups is 1. The lowest BCUT2D eigenvalue weighted by Gasteiger charge is -2.34. The van der Waals surface area contributed by atoms with Crippen LogP contribution in [0.15, 0.2) is 28.6 Å². The first-order valence-corrected chi connectivity index (χ1v) is 11.3. The molecule has 1 saturated heterocycles. The first kappa shape index (κ1) is 22.9. The van der Waals surface area contributed by atoms with E-state index in [0.29, 0.717) is 43.7 Å². The molecule has 11 nitrogen and oxygen atoms in total. The minimum absolute atomic E-state index is 0.0964. The summed E-state index contributed by atoms with van der Waals surface area (Å²) in [6, 6.07) is 5.98. The Bertz CT molecular complexity index is 932. The van der Waals surface area contributed by atoms with E-state index in [4.69, 9.17) is 4.74 Å². The van der Waals surface area contributed by atoms with Crippen LogP contribution >= 0.6 is 23.1 Å². The lowest BCUT2D eigenvalue weighted by Crippen LogP contribution is -2.48. The number of nitro benzene ring substituents is 1. The number of carbonyl (C=O) groups excluding carboxylic acids is 2. The standard InChI is InChI=1S/C18H22N6O5S2/c1-29-11-6-19-15(25)12-30-18-21-20-17(31-18)23-9-7-22(8-10-23)16(26)13-4-2-3-5-14(13)24(27)28/h2-5H,6-12H2,1H3,(H,19,25). The molecule has 0 saturated carbocycles. The molecule has 2 heterocycles. The van der Waals surface area contributed by atoms with Gasteiger partial charge in [-0.3, -0.25) is 19.7 Å². The van der Waals surface area contributed by atoms with Crippen LogP contribution in [0.25, 0.3) is 0 Å². The maximum Gasteiger partial charge on any atom is 0.282 e. The van der Waals surface area contributed by atoms with Crippen LogP contribution in [0.5, 0.6) is 0 Å². The predicted octanol–water partition coefficient (Wildman–Crippen LogP) is 1.26. The average molecular weight is 467 g/mol. The van der Waals surface area contributed by atoms with Gasteiger partial charge in [0.05, 0.1) is 17.3 Å². The fraction of sp³-hybridized carbons (Fsp3) is 0.444. The SMILES string of the molecule is COCCNC(=O)CSc1nnc(N2CCN(C(=O)c3ccccc3[N+](=O)[O-])CC2)s1. The van der Waals surface area contributed by atoms with Crippen LogP contribution in [-0.2, 0) is 9.53 Å². The fourth-order valence-corrected chi connectivity index (χ4v) is 4.67. The van der Waals surface area contributed by atoms with Crippen LogP contribution in [0.3, 0.4) is 0 Å². The molecule has 13 heteroatoms. The van der Waals surface area contributed by atoms with E-state index < -0.39 is 4.92 Å². The molecule has 0 atom stereocenters. The lowest BCUT2D eigenvalue weighted by atomic mass is 10.1. The van der Waals surface area contributed by atoms with Crippen LogP contribution in [0, 0.1) is 10.1 Å². The number of amides is 2. The minimum Gasteiger partial charge on any atom is -0.383 e. The molecule has 1 aliphatic heterocycles. The minimum atomic E-state index is -0.540. The fourth-order valence-electron chi connectivity index (χ4n) is 2.94. The molecule has 1 N–H and O–H groups in total. The van der Waals surface area contributed by atoms with Gasteiger partial charge in [0.1, 0.15) is 5.56 Å². The Hall–Kier alpha value is -2.77. The Morgan fingerprint density at radius 3 is 2.71 bits per heavy atom. The largest absolute Gasteiger partial charge is 0.383 e. The van der Waals surface area contributed by atoms with Crippen LogP contribution < -0.4 is 10.2 Å².